The molecule has 0 aromatic heterocycles. The molecule has 116 valence electrons. The van der Waals surface area contributed by atoms with Crippen molar-refractivity contribution in [2.24, 2.45) is 11.7 Å². The van der Waals surface area contributed by atoms with E-state index in [0.717, 1.165) is 18.4 Å². The van der Waals surface area contributed by atoms with Crippen LogP contribution in [-0.2, 0) is 9.53 Å². The highest BCUT2D eigenvalue weighted by atomic mass is 35.5. The number of halogens is 1. The minimum atomic E-state index is -0.973. The lowest BCUT2D eigenvalue weighted by molar-refractivity contribution is -0.140. The molecule has 0 spiro atoms. The highest BCUT2D eigenvalue weighted by Crippen LogP contribution is 2.39. The van der Waals surface area contributed by atoms with Crippen molar-refractivity contribution in [1.29, 1.82) is 0 Å². The molecule has 1 heterocycles. The summed E-state index contributed by atoms with van der Waals surface area (Å²) in [6, 6.07) is 6.38. The molecule has 0 aliphatic carbocycles. The van der Waals surface area contributed by atoms with Gasteiger partial charge in [-0.05, 0) is 50.3 Å². The lowest BCUT2D eigenvalue weighted by atomic mass is 9.73. The van der Waals surface area contributed by atoms with Gasteiger partial charge >= 0.3 is 5.97 Å². The summed E-state index contributed by atoms with van der Waals surface area (Å²) in [6.07, 6.45) is 1.61. The van der Waals surface area contributed by atoms with Crippen molar-refractivity contribution in [2.45, 2.75) is 44.2 Å². The van der Waals surface area contributed by atoms with Gasteiger partial charge in [0, 0.05) is 17.5 Å². The molecular weight excluding hydrogens is 290 g/mol. The summed E-state index contributed by atoms with van der Waals surface area (Å²) < 4.78 is 5.73. The Morgan fingerprint density at radius 3 is 2.57 bits per heavy atom. The Morgan fingerprint density at radius 2 is 2.05 bits per heavy atom. The maximum absolute atomic E-state index is 11.4. The average Bonchev–Trinajstić information content (AvgIpc) is 2.40. The van der Waals surface area contributed by atoms with Crippen molar-refractivity contribution >= 4 is 17.6 Å². The van der Waals surface area contributed by atoms with Gasteiger partial charge in [0.25, 0.3) is 0 Å². The number of nitrogens with two attached hydrogens (primary N) is 1. The maximum Gasteiger partial charge on any atom is 0.321 e. The van der Waals surface area contributed by atoms with Crippen LogP contribution in [0.2, 0.25) is 5.02 Å². The van der Waals surface area contributed by atoms with Crippen LogP contribution in [0, 0.1) is 5.92 Å². The van der Waals surface area contributed by atoms with Crippen LogP contribution in [0.25, 0.3) is 0 Å². The fourth-order valence-corrected chi connectivity index (χ4v) is 3.32. The number of carboxylic acids is 1. The molecule has 1 aliphatic heterocycles. The standard InChI is InChI=1S/C16H22ClNO3/c1-16(2)9-11(7-8-21-16)13(14(18)15(19)20)10-3-5-12(17)6-4-10/h3-6,11,13-14H,7-9,18H2,1-2H3,(H,19,20)/t11?,13?,14-/m0/s1. The van der Waals surface area contributed by atoms with Gasteiger partial charge in [0.2, 0.25) is 0 Å². The molecule has 5 heteroatoms. The average molecular weight is 312 g/mol. The first kappa shape index (κ1) is 16.3. The molecule has 0 amide bonds. The van der Waals surface area contributed by atoms with Crippen LogP contribution in [0.3, 0.4) is 0 Å². The largest absolute Gasteiger partial charge is 0.480 e. The minimum Gasteiger partial charge on any atom is -0.480 e. The Labute approximate surface area is 130 Å². The number of hydrogen-bond donors (Lipinski definition) is 2. The highest BCUT2D eigenvalue weighted by Gasteiger charge is 2.38. The summed E-state index contributed by atoms with van der Waals surface area (Å²) in [5.41, 5.74) is 6.66. The predicted molar refractivity (Wildman–Crippen MR) is 82.6 cm³/mol. The third-order valence-electron chi connectivity index (χ3n) is 4.17. The van der Waals surface area contributed by atoms with Gasteiger partial charge in [0.1, 0.15) is 6.04 Å². The molecule has 1 saturated heterocycles. The van der Waals surface area contributed by atoms with Gasteiger partial charge in [-0.1, -0.05) is 23.7 Å². The molecule has 1 fully saturated rings. The van der Waals surface area contributed by atoms with Gasteiger partial charge in [-0.25, -0.2) is 0 Å². The zero-order valence-electron chi connectivity index (χ0n) is 12.4. The first-order valence-corrected chi connectivity index (χ1v) is 7.56. The lowest BCUT2D eigenvalue weighted by Gasteiger charge is -2.40. The summed E-state index contributed by atoms with van der Waals surface area (Å²) in [7, 11) is 0. The topological polar surface area (TPSA) is 72.6 Å². The van der Waals surface area contributed by atoms with E-state index in [0.29, 0.717) is 11.6 Å². The molecule has 0 saturated carbocycles. The van der Waals surface area contributed by atoms with Crippen molar-refractivity contribution in [3.05, 3.63) is 34.9 Å². The van der Waals surface area contributed by atoms with Gasteiger partial charge in [0.15, 0.2) is 0 Å². The van der Waals surface area contributed by atoms with Crippen LogP contribution in [0.1, 0.15) is 38.2 Å². The van der Waals surface area contributed by atoms with E-state index < -0.39 is 12.0 Å². The second kappa shape index (κ2) is 6.34. The molecule has 1 aromatic rings. The van der Waals surface area contributed by atoms with Gasteiger partial charge in [-0.3, -0.25) is 4.79 Å². The third kappa shape index (κ3) is 3.96. The van der Waals surface area contributed by atoms with Crippen LogP contribution < -0.4 is 5.73 Å². The molecule has 3 atom stereocenters. The first-order valence-electron chi connectivity index (χ1n) is 7.18. The fraction of sp³-hybridized carbons (Fsp3) is 0.562. The van der Waals surface area contributed by atoms with E-state index in [4.69, 9.17) is 22.1 Å². The quantitative estimate of drug-likeness (QED) is 0.896. The summed E-state index contributed by atoms with van der Waals surface area (Å²) in [6.45, 7) is 4.70. The van der Waals surface area contributed by atoms with Gasteiger partial charge < -0.3 is 15.6 Å². The number of aliphatic carboxylic acids is 1. The van der Waals surface area contributed by atoms with Crippen molar-refractivity contribution in [2.75, 3.05) is 6.61 Å². The second-order valence-corrected chi connectivity index (χ2v) is 6.74. The normalized spacial score (nSPS) is 24.3. The molecule has 0 radical (unpaired) electrons. The first-order chi connectivity index (χ1) is 9.80. The van der Waals surface area contributed by atoms with Gasteiger partial charge in [0.05, 0.1) is 5.60 Å². The molecule has 4 nitrogen and oxygen atoms in total. The number of hydrogen-bond acceptors (Lipinski definition) is 3. The van der Waals surface area contributed by atoms with Crippen LogP contribution in [0.4, 0.5) is 0 Å². The zero-order chi connectivity index (χ0) is 15.6. The fourth-order valence-electron chi connectivity index (χ4n) is 3.20. The Bertz CT molecular complexity index is 501. The highest BCUT2D eigenvalue weighted by molar-refractivity contribution is 6.30. The molecule has 2 unspecified atom stereocenters. The summed E-state index contributed by atoms with van der Waals surface area (Å²) in [5, 5.41) is 9.98. The van der Waals surface area contributed by atoms with Gasteiger partial charge in [-0.2, -0.15) is 0 Å². The molecular formula is C16H22ClNO3. The number of benzene rings is 1. The van der Waals surface area contributed by atoms with E-state index in [1.165, 1.54) is 0 Å². The minimum absolute atomic E-state index is 0.182. The summed E-state index contributed by atoms with van der Waals surface area (Å²) in [5.74, 6) is -1.02. The number of rotatable bonds is 4. The zero-order valence-corrected chi connectivity index (χ0v) is 13.1. The molecule has 3 N–H and O–H groups in total. The van der Waals surface area contributed by atoms with E-state index in [1.54, 1.807) is 12.1 Å². The van der Waals surface area contributed by atoms with Crippen LogP contribution >= 0.6 is 11.6 Å². The van der Waals surface area contributed by atoms with E-state index in [1.807, 2.05) is 26.0 Å². The summed E-state index contributed by atoms with van der Waals surface area (Å²) in [4.78, 5) is 11.4. The maximum atomic E-state index is 11.4. The lowest BCUT2D eigenvalue weighted by Crippen LogP contribution is -2.44. The van der Waals surface area contributed by atoms with Crippen molar-refractivity contribution < 1.29 is 14.6 Å². The number of ether oxygens (including phenoxy) is 1. The van der Waals surface area contributed by atoms with E-state index >= 15 is 0 Å². The molecule has 2 rings (SSSR count). The Hall–Kier alpha value is -1.10. The third-order valence-corrected chi connectivity index (χ3v) is 4.42. The SMILES string of the molecule is CC1(C)CC(C(c2ccc(Cl)cc2)[C@H](N)C(=O)O)CCO1. The smallest absolute Gasteiger partial charge is 0.321 e. The number of carbonyl (C=O) groups is 1. The monoisotopic (exact) mass is 311 g/mol. The van der Waals surface area contributed by atoms with E-state index in [2.05, 4.69) is 0 Å². The molecule has 0 bridgehead atoms. The Balaban J connectivity index is 2.32. The van der Waals surface area contributed by atoms with Crippen molar-refractivity contribution in [3.63, 3.8) is 0 Å². The predicted octanol–water partition coefficient (Wildman–Crippen LogP) is 3.04. The van der Waals surface area contributed by atoms with E-state index in [-0.39, 0.29) is 17.4 Å². The molecule has 1 aromatic carbocycles. The van der Waals surface area contributed by atoms with Crippen molar-refractivity contribution in [3.8, 4) is 0 Å². The Morgan fingerprint density at radius 1 is 1.43 bits per heavy atom. The molecule has 21 heavy (non-hydrogen) atoms. The van der Waals surface area contributed by atoms with Crippen LogP contribution in [0.15, 0.2) is 24.3 Å². The number of carboxylic acid groups (broad SMARTS) is 1. The van der Waals surface area contributed by atoms with Crippen LogP contribution in [-0.4, -0.2) is 29.3 Å². The van der Waals surface area contributed by atoms with Crippen molar-refractivity contribution in [1.82, 2.24) is 0 Å². The van der Waals surface area contributed by atoms with E-state index in [9.17, 15) is 9.90 Å². The van der Waals surface area contributed by atoms with Crippen LogP contribution in [0.5, 0.6) is 0 Å². The molecule has 1 aliphatic rings. The summed E-state index contributed by atoms with van der Waals surface area (Å²) >= 11 is 5.92. The van der Waals surface area contributed by atoms with Gasteiger partial charge in [-0.15, -0.1) is 0 Å². The Kier molecular flexibility index (Phi) is 4.91. The second-order valence-electron chi connectivity index (χ2n) is 6.30.